The van der Waals surface area contributed by atoms with Crippen molar-refractivity contribution in [3.8, 4) is 11.5 Å². The monoisotopic (exact) mass is 290 g/mol. The molecule has 21 heavy (non-hydrogen) atoms. The van der Waals surface area contributed by atoms with E-state index in [0.717, 1.165) is 10.8 Å². The number of methoxy groups -OCH3 is 2. The molecule has 0 radical (unpaired) electrons. The molecule has 112 valence electrons. The maximum Gasteiger partial charge on any atom is 0.339 e. The molecule has 0 aliphatic heterocycles. The fraction of sp³-hybridized carbons (Fsp3) is 0.312. The van der Waals surface area contributed by atoms with Gasteiger partial charge in [-0.3, -0.25) is 0 Å². The van der Waals surface area contributed by atoms with Crippen molar-refractivity contribution >= 4 is 16.7 Å². The van der Waals surface area contributed by atoms with Gasteiger partial charge in [0.2, 0.25) is 0 Å². The van der Waals surface area contributed by atoms with E-state index in [1.165, 1.54) is 14.2 Å². The standard InChI is InChI=1S/C16H18O5/c1-4-21-16(18)14(17)12-9-13(19-2)10-7-5-6-8-11(10)15(12)20-3/h5-9,14,17H,4H2,1-3H3. The molecule has 5 nitrogen and oxygen atoms in total. The Morgan fingerprint density at radius 2 is 1.86 bits per heavy atom. The highest BCUT2D eigenvalue weighted by atomic mass is 16.5. The summed E-state index contributed by atoms with van der Waals surface area (Å²) in [4.78, 5) is 11.8. The molecular formula is C16H18O5. The minimum atomic E-state index is -1.42. The molecule has 0 amide bonds. The van der Waals surface area contributed by atoms with Crippen LogP contribution in [0.4, 0.5) is 0 Å². The summed E-state index contributed by atoms with van der Waals surface area (Å²) in [7, 11) is 3.03. The highest BCUT2D eigenvalue weighted by Crippen LogP contribution is 2.39. The molecule has 0 aliphatic rings. The van der Waals surface area contributed by atoms with Gasteiger partial charge in [0.05, 0.1) is 20.8 Å². The van der Waals surface area contributed by atoms with Crippen LogP contribution in [-0.4, -0.2) is 31.9 Å². The van der Waals surface area contributed by atoms with E-state index in [1.807, 2.05) is 24.3 Å². The minimum Gasteiger partial charge on any atom is -0.496 e. The van der Waals surface area contributed by atoms with Gasteiger partial charge in [0, 0.05) is 16.3 Å². The first-order valence-electron chi connectivity index (χ1n) is 6.62. The zero-order valence-electron chi connectivity index (χ0n) is 12.3. The van der Waals surface area contributed by atoms with E-state index in [-0.39, 0.29) is 6.61 Å². The Labute approximate surface area is 123 Å². The Balaban J connectivity index is 2.65. The van der Waals surface area contributed by atoms with E-state index in [2.05, 4.69) is 0 Å². The maximum atomic E-state index is 11.8. The molecule has 2 aromatic carbocycles. The molecule has 0 aliphatic carbocycles. The number of carbonyl (C=O) groups excluding carboxylic acids is 1. The van der Waals surface area contributed by atoms with Gasteiger partial charge in [-0.05, 0) is 13.0 Å². The van der Waals surface area contributed by atoms with Crippen molar-refractivity contribution in [2.24, 2.45) is 0 Å². The van der Waals surface area contributed by atoms with E-state index < -0.39 is 12.1 Å². The summed E-state index contributed by atoms with van der Waals surface area (Å²) in [5, 5.41) is 11.8. The molecule has 5 heteroatoms. The van der Waals surface area contributed by atoms with E-state index >= 15 is 0 Å². The number of hydrogen-bond donors (Lipinski definition) is 1. The Bertz CT molecular complexity index is 650. The lowest BCUT2D eigenvalue weighted by molar-refractivity contribution is -0.153. The fourth-order valence-corrected chi connectivity index (χ4v) is 2.28. The van der Waals surface area contributed by atoms with Gasteiger partial charge in [-0.2, -0.15) is 0 Å². The summed E-state index contributed by atoms with van der Waals surface area (Å²) in [5.41, 5.74) is 0.325. The first kappa shape index (κ1) is 15.1. The van der Waals surface area contributed by atoms with Gasteiger partial charge in [-0.15, -0.1) is 0 Å². The molecule has 2 aromatic rings. The minimum absolute atomic E-state index is 0.197. The number of benzene rings is 2. The Hall–Kier alpha value is -2.27. The lowest BCUT2D eigenvalue weighted by Gasteiger charge is -2.18. The van der Waals surface area contributed by atoms with Crippen LogP contribution in [0.25, 0.3) is 10.8 Å². The zero-order valence-corrected chi connectivity index (χ0v) is 12.3. The molecule has 0 aromatic heterocycles. The number of esters is 1. The molecule has 0 bridgehead atoms. The van der Waals surface area contributed by atoms with Crippen LogP contribution in [-0.2, 0) is 9.53 Å². The van der Waals surface area contributed by atoms with Crippen molar-refractivity contribution in [3.05, 3.63) is 35.9 Å². The van der Waals surface area contributed by atoms with Gasteiger partial charge >= 0.3 is 5.97 Å². The van der Waals surface area contributed by atoms with Crippen LogP contribution in [0.3, 0.4) is 0 Å². The summed E-state index contributed by atoms with van der Waals surface area (Å²) in [6.45, 7) is 1.88. The van der Waals surface area contributed by atoms with Gasteiger partial charge in [0.25, 0.3) is 0 Å². The average Bonchev–Trinajstić information content (AvgIpc) is 2.52. The summed E-state index contributed by atoms with van der Waals surface area (Å²) in [6, 6.07) is 9.06. The highest BCUT2D eigenvalue weighted by Gasteiger charge is 2.25. The number of aliphatic hydroxyl groups excluding tert-OH is 1. The predicted octanol–water partition coefficient (Wildman–Crippen LogP) is 2.45. The van der Waals surface area contributed by atoms with E-state index in [0.29, 0.717) is 17.1 Å². The van der Waals surface area contributed by atoms with Crippen molar-refractivity contribution in [2.45, 2.75) is 13.0 Å². The van der Waals surface area contributed by atoms with Gasteiger partial charge in [0.1, 0.15) is 11.5 Å². The first-order chi connectivity index (χ1) is 10.1. The normalized spacial score (nSPS) is 12.0. The largest absolute Gasteiger partial charge is 0.496 e. The summed E-state index contributed by atoms with van der Waals surface area (Å²) < 4.78 is 15.6. The van der Waals surface area contributed by atoms with Crippen LogP contribution in [0.2, 0.25) is 0 Å². The zero-order chi connectivity index (χ0) is 15.4. The fourth-order valence-electron chi connectivity index (χ4n) is 2.28. The lowest BCUT2D eigenvalue weighted by atomic mass is 10.0. The molecule has 0 saturated heterocycles. The SMILES string of the molecule is CCOC(=O)C(O)c1cc(OC)c2ccccc2c1OC. The summed E-state index contributed by atoms with van der Waals surface area (Å²) >= 11 is 0. The Kier molecular flexibility index (Phi) is 4.65. The molecule has 2 rings (SSSR count). The smallest absolute Gasteiger partial charge is 0.339 e. The second-order valence-electron chi connectivity index (χ2n) is 4.40. The van der Waals surface area contributed by atoms with Crippen molar-refractivity contribution in [2.75, 3.05) is 20.8 Å². The van der Waals surface area contributed by atoms with Crippen LogP contribution in [0.1, 0.15) is 18.6 Å². The molecule has 1 unspecified atom stereocenters. The van der Waals surface area contributed by atoms with Crippen LogP contribution in [0.15, 0.2) is 30.3 Å². The number of carbonyl (C=O) groups is 1. The predicted molar refractivity (Wildman–Crippen MR) is 78.6 cm³/mol. The summed E-state index contributed by atoms with van der Waals surface area (Å²) in [6.07, 6.45) is -1.42. The van der Waals surface area contributed by atoms with Crippen LogP contribution < -0.4 is 9.47 Å². The van der Waals surface area contributed by atoms with Crippen molar-refractivity contribution in [3.63, 3.8) is 0 Å². The molecule has 0 saturated carbocycles. The van der Waals surface area contributed by atoms with Gasteiger partial charge < -0.3 is 19.3 Å². The van der Waals surface area contributed by atoms with E-state index in [9.17, 15) is 9.90 Å². The summed E-state index contributed by atoms with van der Waals surface area (Å²) in [5.74, 6) is 0.282. The van der Waals surface area contributed by atoms with Crippen molar-refractivity contribution in [1.82, 2.24) is 0 Å². The van der Waals surface area contributed by atoms with E-state index in [1.54, 1.807) is 13.0 Å². The average molecular weight is 290 g/mol. The number of ether oxygens (including phenoxy) is 3. The second-order valence-corrected chi connectivity index (χ2v) is 4.40. The van der Waals surface area contributed by atoms with Crippen molar-refractivity contribution in [1.29, 1.82) is 0 Å². The lowest BCUT2D eigenvalue weighted by Crippen LogP contribution is -2.16. The number of fused-ring (bicyclic) bond motifs is 1. The number of hydrogen-bond acceptors (Lipinski definition) is 5. The van der Waals surface area contributed by atoms with Crippen LogP contribution >= 0.6 is 0 Å². The maximum absolute atomic E-state index is 11.8. The highest BCUT2D eigenvalue weighted by molar-refractivity contribution is 5.96. The van der Waals surface area contributed by atoms with Crippen LogP contribution in [0.5, 0.6) is 11.5 Å². The van der Waals surface area contributed by atoms with Crippen molar-refractivity contribution < 1.29 is 24.1 Å². The quantitative estimate of drug-likeness (QED) is 0.857. The third kappa shape index (κ3) is 2.78. The topological polar surface area (TPSA) is 65.0 Å². The number of aliphatic hydroxyl groups is 1. The number of rotatable bonds is 5. The first-order valence-corrected chi connectivity index (χ1v) is 6.62. The van der Waals surface area contributed by atoms with E-state index in [4.69, 9.17) is 14.2 Å². The van der Waals surface area contributed by atoms with Gasteiger partial charge in [-0.1, -0.05) is 24.3 Å². The molecule has 0 heterocycles. The third-order valence-corrected chi connectivity index (χ3v) is 3.21. The van der Waals surface area contributed by atoms with Gasteiger partial charge in [0.15, 0.2) is 6.10 Å². The van der Waals surface area contributed by atoms with Gasteiger partial charge in [-0.25, -0.2) is 4.79 Å². The van der Waals surface area contributed by atoms with Crippen LogP contribution in [0, 0.1) is 0 Å². The third-order valence-electron chi connectivity index (χ3n) is 3.21. The molecule has 0 spiro atoms. The Morgan fingerprint density at radius 1 is 1.19 bits per heavy atom. The molecular weight excluding hydrogens is 272 g/mol. The second kappa shape index (κ2) is 6.45. The molecule has 0 fully saturated rings. The molecule has 1 N–H and O–H groups in total. The molecule has 1 atom stereocenters. The Morgan fingerprint density at radius 3 is 2.43 bits per heavy atom.